The molecule has 0 radical (unpaired) electrons. The Labute approximate surface area is 146 Å². The molecule has 2 aromatic heterocycles. The smallest absolute Gasteiger partial charge is 0.254 e. The first kappa shape index (κ1) is 16.8. The minimum Gasteiger partial charge on any atom is -0.368 e. The summed E-state index contributed by atoms with van der Waals surface area (Å²) >= 11 is 0. The molecule has 25 heavy (non-hydrogen) atoms. The van der Waals surface area contributed by atoms with Crippen LogP contribution < -0.4 is 5.73 Å². The summed E-state index contributed by atoms with van der Waals surface area (Å²) in [6, 6.07) is 5.94. The number of carbonyl (C=O) groups is 1. The van der Waals surface area contributed by atoms with E-state index in [4.69, 9.17) is 5.73 Å². The lowest BCUT2D eigenvalue weighted by atomic mass is 10.0. The molecule has 0 spiro atoms. The number of anilines is 1. The number of aromatic nitrogens is 3. The van der Waals surface area contributed by atoms with Crippen molar-refractivity contribution >= 4 is 22.8 Å². The van der Waals surface area contributed by atoms with Gasteiger partial charge in [0.05, 0.1) is 11.1 Å². The number of rotatable bonds is 3. The van der Waals surface area contributed by atoms with Crippen LogP contribution in [0.15, 0.2) is 30.6 Å². The summed E-state index contributed by atoms with van der Waals surface area (Å²) in [6.07, 6.45) is 3.27. The number of pyridine rings is 1. The summed E-state index contributed by atoms with van der Waals surface area (Å²) in [5, 5.41) is 0.883. The number of carbonyl (C=O) groups excluding carboxylic acids is 1. The van der Waals surface area contributed by atoms with Crippen molar-refractivity contribution in [3.05, 3.63) is 58.5 Å². The van der Waals surface area contributed by atoms with Gasteiger partial charge in [-0.25, -0.2) is 9.97 Å². The Hall–Kier alpha value is -3.02. The predicted molar refractivity (Wildman–Crippen MR) is 98.2 cm³/mol. The zero-order chi connectivity index (χ0) is 18.1. The van der Waals surface area contributed by atoms with Gasteiger partial charge in [-0.05, 0) is 38.5 Å². The van der Waals surface area contributed by atoms with Gasteiger partial charge in [0.2, 0.25) is 5.95 Å². The third-order valence-corrected chi connectivity index (χ3v) is 4.10. The fraction of sp³-hybridized carbons (Fsp3) is 0.263. The fourth-order valence-electron chi connectivity index (χ4n) is 2.98. The second kappa shape index (κ2) is 6.47. The maximum atomic E-state index is 13.0. The van der Waals surface area contributed by atoms with E-state index in [0.717, 1.165) is 33.3 Å². The molecule has 0 saturated heterocycles. The predicted octanol–water partition coefficient (Wildman–Crippen LogP) is 2.80. The van der Waals surface area contributed by atoms with Crippen LogP contribution in [0, 0.1) is 20.8 Å². The molecular weight excluding hydrogens is 314 g/mol. The van der Waals surface area contributed by atoms with Crippen LogP contribution in [-0.2, 0) is 6.54 Å². The normalized spacial score (nSPS) is 10.9. The zero-order valence-corrected chi connectivity index (χ0v) is 14.9. The van der Waals surface area contributed by atoms with Gasteiger partial charge in [0, 0.05) is 42.6 Å². The van der Waals surface area contributed by atoms with E-state index in [9.17, 15) is 4.79 Å². The van der Waals surface area contributed by atoms with E-state index in [-0.39, 0.29) is 11.9 Å². The average molecular weight is 335 g/mol. The molecule has 3 rings (SSSR count). The Morgan fingerprint density at radius 3 is 2.48 bits per heavy atom. The molecule has 0 unspecified atom stereocenters. The summed E-state index contributed by atoms with van der Waals surface area (Å²) in [7, 11) is 1.77. The summed E-state index contributed by atoms with van der Waals surface area (Å²) in [5.74, 6) is 0.164. The molecular formula is C19H21N5O. The minimum atomic E-state index is -0.0580. The Balaban J connectivity index is 2.00. The number of fused-ring (bicyclic) bond motifs is 1. The largest absolute Gasteiger partial charge is 0.368 e. The highest BCUT2D eigenvalue weighted by atomic mass is 16.2. The van der Waals surface area contributed by atoms with E-state index in [2.05, 4.69) is 21.0 Å². The first-order chi connectivity index (χ1) is 11.8. The Morgan fingerprint density at radius 1 is 1.12 bits per heavy atom. The van der Waals surface area contributed by atoms with Gasteiger partial charge in [0.25, 0.3) is 5.91 Å². The second-order valence-electron chi connectivity index (χ2n) is 6.40. The van der Waals surface area contributed by atoms with Gasteiger partial charge < -0.3 is 10.6 Å². The summed E-state index contributed by atoms with van der Waals surface area (Å²) in [6.45, 7) is 6.36. The van der Waals surface area contributed by atoms with Gasteiger partial charge in [-0.3, -0.25) is 9.78 Å². The van der Waals surface area contributed by atoms with E-state index in [1.165, 1.54) is 0 Å². The van der Waals surface area contributed by atoms with Crippen LogP contribution in [0.4, 0.5) is 5.95 Å². The lowest BCUT2D eigenvalue weighted by molar-refractivity contribution is 0.0786. The Kier molecular flexibility index (Phi) is 4.35. The molecule has 6 heteroatoms. The van der Waals surface area contributed by atoms with Crippen molar-refractivity contribution in [3.8, 4) is 0 Å². The number of nitrogens with two attached hydrogens (primary N) is 1. The molecule has 0 aliphatic heterocycles. The number of nitrogens with zero attached hydrogens (tertiary/aromatic N) is 4. The van der Waals surface area contributed by atoms with E-state index in [1.54, 1.807) is 24.3 Å². The van der Waals surface area contributed by atoms with Gasteiger partial charge in [-0.1, -0.05) is 11.6 Å². The SMILES string of the molecule is Cc1cc(C)c2nc(C)cc(C(=O)N(C)Cc3cnc(N)nc3)c2c1. The second-order valence-corrected chi connectivity index (χ2v) is 6.40. The fourth-order valence-corrected chi connectivity index (χ4v) is 2.98. The van der Waals surface area contributed by atoms with E-state index >= 15 is 0 Å². The standard InChI is InChI=1S/C19H21N5O/c1-11-5-12(2)17-15(6-11)16(7-13(3)23-17)18(25)24(4)10-14-8-21-19(20)22-9-14/h5-9H,10H2,1-4H3,(H2,20,21,22). The minimum absolute atomic E-state index is 0.0580. The monoisotopic (exact) mass is 335 g/mol. The molecule has 0 bridgehead atoms. The van der Waals surface area contributed by atoms with Crippen molar-refractivity contribution in [1.29, 1.82) is 0 Å². The first-order valence-corrected chi connectivity index (χ1v) is 8.05. The molecule has 128 valence electrons. The molecule has 0 aliphatic rings. The van der Waals surface area contributed by atoms with Crippen molar-refractivity contribution in [2.24, 2.45) is 0 Å². The lowest BCUT2D eigenvalue weighted by Gasteiger charge is -2.19. The van der Waals surface area contributed by atoms with E-state index in [0.29, 0.717) is 12.1 Å². The number of aryl methyl sites for hydroxylation is 3. The molecule has 0 atom stereocenters. The van der Waals surface area contributed by atoms with Gasteiger partial charge >= 0.3 is 0 Å². The maximum absolute atomic E-state index is 13.0. The summed E-state index contributed by atoms with van der Waals surface area (Å²) < 4.78 is 0. The third-order valence-electron chi connectivity index (χ3n) is 4.10. The first-order valence-electron chi connectivity index (χ1n) is 8.05. The highest BCUT2D eigenvalue weighted by Crippen LogP contribution is 2.24. The zero-order valence-electron chi connectivity index (χ0n) is 14.9. The number of benzene rings is 1. The highest BCUT2D eigenvalue weighted by molar-refractivity contribution is 6.06. The van der Waals surface area contributed by atoms with Gasteiger partial charge in [0.15, 0.2) is 0 Å². The van der Waals surface area contributed by atoms with Gasteiger partial charge in [-0.2, -0.15) is 0 Å². The molecule has 1 amide bonds. The van der Waals surface area contributed by atoms with Crippen molar-refractivity contribution in [2.45, 2.75) is 27.3 Å². The molecule has 0 saturated carbocycles. The number of hydrogen-bond acceptors (Lipinski definition) is 5. The van der Waals surface area contributed by atoms with Crippen LogP contribution in [0.1, 0.15) is 32.7 Å². The van der Waals surface area contributed by atoms with E-state index < -0.39 is 0 Å². The molecule has 3 aromatic rings. The Bertz CT molecular complexity index is 950. The van der Waals surface area contributed by atoms with Crippen LogP contribution in [0.3, 0.4) is 0 Å². The van der Waals surface area contributed by atoms with Crippen molar-refractivity contribution in [3.63, 3.8) is 0 Å². The van der Waals surface area contributed by atoms with Gasteiger partial charge in [0.1, 0.15) is 0 Å². The molecule has 0 fully saturated rings. The Morgan fingerprint density at radius 2 is 1.80 bits per heavy atom. The quantitative estimate of drug-likeness (QED) is 0.795. The average Bonchev–Trinajstić information content (AvgIpc) is 2.56. The van der Waals surface area contributed by atoms with Crippen molar-refractivity contribution in [1.82, 2.24) is 19.9 Å². The summed E-state index contributed by atoms with van der Waals surface area (Å²) in [4.78, 5) is 27.2. The molecule has 0 aliphatic carbocycles. The number of amides is 1. The topological polar surface area (TPSA) is 85.0 Å². The third kappa shape index (κ3) is 3.42. The summed E-state index contributed by atoms with van der Waals surface area (Å²) in [5.41, 5.74) is 10.9. The molecule has 2 heterocycles. The highest BCUT2D eigenvalue weighted by Gasteiger charge is 2.18. The maximum Gasteiger partial charge on any atom is 0.254 e. The molecule has 1 aromatic carbocycles. The van der Waals surface area contributed by atoms with Crippen LogP contribution in [0.25, 0.3) is 10.9 Å². The van der Waals surface area contributed by atoms with Crippen molar-refractivity contribution in [2.75, 3.05) is 12.8 Å². The van der Waals surface area contributed by atoms with E-state index in [1.807, 2.05) is 32.9 Å². The lowest BCUT2D eigenvalue weighted by Crippen LogP contribution is -2.27. The molecule has 2 N–H and O–H groups in total. The van der Waals surface area contributed by atoms with Crippen molar-refractivity contribution < 1.29 is 4.79 Å². The van der Waals surface area contributed by atoms with Crippen LogP contribution in [0.5, 0.6) is 0 Å². The van der Waals surface area contributed by atoms with Crippen LogP contribution in [0.2, 0.25) is 0 Å². The van der Waals surface area contributed by atoms with Crippen LogP contribution >= 0.6 is 0 Å². The van der Waals surface area contributed by atoms with Crippen LogP contribution in [-0.4, -0.2) is 32.8 Å². The number of nitrogen functional groups attached to an aromatic ring is 1. The van der Waals surface area contributed by atoms with Gasteiger partial charge in [-0.15, -0.1) is 0 Å². The number of hydrogen-bond donors (Lipinski definition) is 1. The molecule has 6 nitrogen and oxygen atoms in total.